The van der Waals surface area contributed by atoms with Crippen LogP contribution in [0.4, 0.5) is 11.4 Å². The summed E-state index contributed by atoms with van der Waals surface area (Å²) >= 11 is 6.13. The highest BCUT2D eigenvalue weighted by molar-refractivity contribution is 6.31. The Hall–Kier alpha value is -3.64. The van der Waals surface area contributed by atoms with E-state index in [9.17, 15) is 9.59 Å². The number of hydrogen-bond acceptors (Lipinski definition) is 5. The van der Waals surface area contributed by atoms with Crippen molar-refractivity contribution in [2.75, 3.05) is 5.32 Å². The molecule has 4 rings (SSSR count). The number of nitrogens with one attached hydrogen (secondary N) is 1. The number of ether oxygens (including phenoxy) is 1. The largest absolute Gasteiger partial charge is 0.456 e. The summed E-state index contributed by atoms with van der Waals surface area (Å²) in [5.41, 5.74) is 3.21. The summed E-state index contributed by atoms with van der Waals surface area (Å²) in [7, 11) is 0. The molecule has 0 spiro atoms. The molecule has 0 radical (unpaired) electrons. The zero-order valence-corrected chi connectivity index (χ0v) is 19.4. The van der Waals surface area contributed by atoms with Gasteiger partial charge in [-0.15, -0.1) is 0 Å². The van der Waals surface area contributed by atoms with E-state index in [4.69, 9.17) is 16.3 Å². The Kier molecular flexibility index (Phi) is 6.20. The lowest BCUT2D eigenvalue weighted by molar-refractivity contribution is 0.00707. The van der Waals surface area contributed by atoms with Gasteiger partial charge in [0, 0.05) is 10.7 Å². The number of hydrogen-bond donors (Lipinski definition) is 1. The molecule has 0 fully saturated rings. The van der Waals surface area contributed by atoms with Crippen molar-refractivity contribution in [1.29, 1.82) is 0 Å². The minimum absolute atomic E-state index is 0.169. The molecule has 0 aliphatic rings. The van der Waals surface area contributed by atoms with E-state index in [2.05, 4.69) is 10.3 Å². The molecule has 4 aromatic rings. The predicted molar refractivity (Wildman–Crippen MR) is 131 cm³/mol. The van der Waals surface area contributed by atoms with Crippen molar-refractivity contribution in [3.05, 3.63) is 99.4 Å². The molecule has 0 bridgehead atoms. The number of rotatable bonds is 5. The van der Waals surface area contributed by atoms with E-state index in [0.29, 0.717) is 34.0 Å². The predicted octanol–water partition coefficient (Wildman–Crippen LogP) is 5.80. The van der Waals surface area contributed by atoms with Crippen LogP contribution < -0.4 is 10.9 Å². The number of benzene rings is 3. The third-order valence-electron chi connectivity index (χ3n) is 4.91. The zero-order valence-electron chi connectivity index (χ0n) is 18.6. The van der Waals surface area contributed by atoms with Gasteiger partial charge in [0.25, 0.3) is 5.56 Å². The van der Waals surface area contributed by atoms with Gasteiger partial charge in [0.15, 0.2) is 0 Å². The van der Waals surface area contributed by atoms with E-state index in [-0.39, 0.29) is 5.56 Å². The average Bonchev–Trinajstić information content (AvgIpc) is 2.76. The van der Waals surface area contributed by atoms with Crippen molar-refractivity contribution < 1.29 is 9.53 Å². The van der Waals surface area contributed by atoms with Crippen LogP contribution in [0.2, 0.25) is 5.02 Å². The maximum atomic E-state index is 12.7. The van der Waals surface area contributed by atoms with Gasteiger partial charge < -0.3 is 14.6 Å². The molecule has 7 heteroatoms. The van der Waals surface area contributed by atoms with E-state index >= 15 is 0 Å². The third kappa shape index (κ3) is 5.41. The van der Waals surface area contributed by atoms with Crippen molar-refractivity contribution in [2.24, 2.45) is 0 Å². The summed E-state index contributed by atoms with van der Waals surface area (Å²) in [4.78, 5) is 29.5. The van der Waals surface area contributed by atoms with Gasteiger partial charge in [0.1, 0.15) is 5.60 Å². The molecular weight excluding hydrogens is 438 g/mol. The molecule has 6 nitrogen and oxygen atoms in total. The number of halogens is 1. The number of esters is 1. The zero-order chi connectivity index (χ0) is 23.6. The molecule has 33 heavy (non-hydrogen) atoms. The fourth-order valence-corrected chi connectivity index (χ4v) is 3.63. The molecule has 0 saturated heterocycles. The summed E-state index contributed by atoms with van der Waals surface area (Å²) in [5, 5.41) is 3.69. The molecule has 0 amide bonds. The van der Waals surface area contributed by atoms with Crippen LogP contribution in [0.25, 0.3) is 11.0 Å². The van der Waals surface area contributed by atoms with Crippen LogP contribution in [0.3, 0.4) is 0 Å². The molecule has 1 N–H and O–H groups in total. The number of carbonyl (C=O) groups is 1. The van der Waals surface area contributed by atoms with E-state index in [1.807, 2.05) is 69.3 Å². The number of carbonyl (C=O) groups excluding carboxylic acids is 1. The minimum Gasteiger partial charge on any atom is -0.456 e. The topological polar surface area (TPSA) is 73.2 Å². The maximum Gasteiger partial charge on any atom is 0.340 e. The van der Waals surface area contributed by atoms with Crippen LogP contribution in [0.5, 0.6) is 0 Å². The summed E-state index contributed by atoms with van der Waals surface area (Å²) in [6, 6.07) is 20.3. The van der Waals surface area contributed by atoms with Gasteiger partial charge in [0.2, 0.25) is 0 Å². The smallest absolute Gasteiger partial charge is 0.340 e. The molecule has 1 heterocycles. The Morgan fingerprint density at radius 3 is 2.55 bits per heavy atom. The third-order valence-corrected chi connectivity index (χ3v) is 5.14. The van der Waals surface area contributed by atoms with Crippen molar-refractivity contribution in [3.63, 3.8) is 0 Å². The Morgan fingerprint density at radius 1 is 1.06 bits per heavy atom. The van der Waals surface area contributed by atoms with Gasteiger partial charge >= 0.3 is 5.97 Å². The van der Waals surface area contributed by atoms with Gasteiger partial charge in [-0.05, 0) is 62.7 Å². The van der Waals surface area contributed by atoms with Crippen LogP contribution in [0.1, 0.15) is 36.7 Å². The molecule has 168 valence electrons. The standard InChI is InChI=1S/C26H24ClN3O3/c1-26(2,3)33-25(32)20-13-18(27)9-11-21(20)29-19-10-12-23-22(14-19)28-15-24(31)30(23)16-17-7-5-4-6-8-17/h4-15,29H,16H2,1-3H3. The Bertz CT molecular complexity index is 1380. The first-order valence-electron chi connectivity index (χ1n) is 10.5. The second kappa shape index (κ2) is 9.08. The average molecular weight is 462 g/mol. The van der Waals surface area contributed by atoms with Gasteiger partial charge in [-0.1, -0.05) is 41.9 Å². The monoisotopic (exact) mass is 461 g/mol. The Labute approximate surface area is 196 Å². The summed E-state index contributed by atoms with van der Waals surface area (Å²) < 4.78 is 7.22. The lowest BCUT2D eigenvalue weighted by atomic mass is 10.1. The number of fused-ring (bicyclic) bond motifs is 1. The van der Waals surface area contributed by atoms with E-state index in [0.717, 1.165) is 11.1 Å². The molecule has 0 unspecified atom stereocenters. The lowest BCUT2D eigenvalue weighted by Crippen LogP contribution is -2.24. The normalized spacial score (nSPS) is 11.4. The summed E-state index contributed by atoms with van der Waals surface area (Å²) in [5.74, 6) is -0.469. The molecule has 0 atom stereocenters. The van der Waals surface area contributed by atoms with E-state index < -0.39 is 11.6 Å². The first-order valence-corrected chi connectivity index (χ1v) is 10.9. The van der Waals surface area contributed by atoms with Gasteiger partial charge in [-0.25, -0.2) is 9.78 Å². The molecule has 3 aromatic carbocycles. The quantitative estimate of drug-likeness (QED) is 0.380. The summed E-state index contributed by atoms with van der Waals surface area (Å²) in [6.45, 7) is 5.89. The van der Waals surface area contributed by atoms with Gasteiger partial charge in [0.05, 0.1) is 35.0 Å². The van der Waals surface area contributed by atoms with Crippen LogP contribution in [0.15, 0.2) is 77.7 Å². The van der Waals surface area contributed by atoms with E-state index in [1.165, 1.54) is 6.20 Å². The van der Waals surface area contributed by atoms with Gasteiger partial charge in [-0.3, -0.25) is 4.79 Å². The second-order valence-corrected chi connectivity index (χ2v) is 9.12. The van der Waals surface area contributed by atoms with E-state index in [1.54, 1.807) is 22.8 Å². The van der Waals surface area contributed by atoms with Crippen LogP contribution in [-0.4, -0.2) is 21.1 Å². The first-order chi connectivity index (χ1) is 15.7. The van der Waals surface area contributed by atoms with Crippen molar-refractivity contribution in [3.8, 4) is 0 Å². The fraction of sp³-hybridized carbons (Fsp3) is 0.192. The maximum absolute atomic E-state index is 12.7. The molecule has 0 saturated carbocycles. The van der Waals surface area contributed by atoms with Crippen molar-refractivity contribution >= 4 is 40.0 Å². The van der Waals surface area contributed by atoms with Crippen molar-refractivity contribution in [2.45, 2.75) is 32.9 Å². The Balaban J connectivity index is 1.68. The van der Waals surface area contributed by atoms with Crippen LogP contribution in [0, 0.1) is 0 Å². The summed E-state index contributed by atoms with van der Waals surface area (Å²) in [6.07, 6.45) is 1.32. The molecule has 1 aromatic heterocycles. The SMILES string of the molecule is CC(C)(C)OC(=O)c1cc(Cl)ccc1Nc1ccc2c(c1)ncc(=O)n2Cc1ccccc1. The number of anilines is 2. The van der Waals surface area contributed by atoms with Crippen LogP contribution in [-0.2, 0) is 11.3 Å². The highest BCUT2D eigenvalue weighted by atomic mass is 35.5. The Morgan fingerprint density at radius 2 is 1.82 bits per heavy atom. The lowest BCUT2D eigenvalue weighted by Gasteiger charge is -2.21. The first kappa shape index (κ1) is 22.6. The number of aromatic nitrogens is 2. The molecule has 0 aliphatic heterocycles. The minimum atomic E-state index is -0.633. The highest BCUT2D eigenvalue weighted by Gasteiger charge is 2.21. The highest BCUT2D eigenvalue weighted by Crippen LogP contribution is 2.28. The second-order valence-electron chi connectivity index (χ2n) is 8.69. The van der Waals surface area contributed by atoms with Crippen LogP contribution >= 0.6 is 11.6 Å². The van der Waals surface area contributed by atoms with Gasteiger partial charge in [-0.2, -0.15) is 0 Å². The molecule has 0 aliphatic carbocycles. The molecular formula is C26H24ClN3O3. The number of nitrogens with zero attached hydrogens (tertiary/aromatic N) is 2. The van der Waals surface area contributed by atoms with Crippen molar-refractivity contribution in [1.82, 2.24) is 9.55 Å². The fourth-order valence-electron chi connectivity index (χ4n) is 3.46.